The summed E-state index contributed by atoms with van der Waals surface area (Å²) in [6.07, 6.45) is 3.56. The molecule has 0 atom stereocenters. The minimum Gasteiger partial charge on any atom is -0.339 e. The van der Waals surface area contributed by atoms with Gasteiger partial charge in [-0.2, -0.15) is 0 Å². The minimum absolute atomic E-state index is 0.161. The minimum atomic E-state index is 0.161. The normalized spacial score (nSPS) is 17.1. The van der Waals surface area contributed by atoms with Gasteiger partial charge in [-0.05, 0) is 32.3 Å². The third kappa shape index (κ3) is 1.98. The number of rotatable bonds is 1. The van der Waals surface area contributed by atoms with Crippen molar-refractivity contribution in [1.82, 2.24) is 4.90 Å². The van der Waals surface area contributed by atoms with E-state index in [0.717, 1.165) is 36.4 Å². The largest absolute Gasteiger partial charge is 0.339 e. The topological polar surface area (TPSA) is 20.3 Å². The summed E-state index contributed by atoms with van der Waals surface area (Å²) < 4.78 is 0. The van der Waals surface area contributed by atoms with Gasteiger partial charge in [-0.1, -0.05) is 0 Å². The summed E-state index contributed by atoms with van der Waals surface area (Å²) in [6, 6.07) is 1.93. The molecule has 75 valence electrons. The second kappa shape index (κ2) is 4.13. The van der Waals surface area contributed by atoms with E-state index < -0.39 is 0 Å². The van der Waals surface area contributed by atoms with Crippen molar-refractivity contribution in [3.63, 3.8) is 0 Å². The number of amides is 1. The highest BCUT2D eigenvalue weighted by molar-refractivity contribution is 7.09. The number of piperidine rings is 1. The maximum atomic E-state index is 11.9. The van der Waals surface area contributed by atoms with E-state index in [4.69, 9.17) is 0 Å². The molecular formula is C11H14NOS. The Morgan fingerprint density at radius 1 is 1.43 bits per heavy atom. The average Bonchev–Trinajstić information content (AvgIpc) is 2.65. The highest BCUT2D eigenvalue weighted by atomic mass is 32.1. The smallest absolute Gasteiger partial charge is 0.255 e. The van der Waals surface area contributed by atoms with Crippen molar-refractivity contribution >= 4 is 17.2 Å². The van der Waals surface area contributed by atoms with Crippen LogP contribution in [0.15, 0.2) is 6.07 Å². The van der Waals surface area contributed by atoms with Gasteiger partial charge in [0.25, 0.3) is 5.91 Å². The summed E-state index contributed by atoms with van der Waals surface area (Å²) in [5, 5.41) is 3.05. The number of carbonyl (C=O) groups is 1. The number of carbonyl (C=O) groups excluding carboxylic acids is 1. The molecule has 1 saturated heterocycles. The fourth-order valence-electron chi connectivity index (χ4n) is 1.77. The van der Waals surface area contributed by atoms with Crippen LogP contribution in [0.3, 0.4) is 0 Å². The quantitative estimate of drug-likeness (QED) is 0.694. The van der Waals surface area contributed by atoms with Crippen LogP contribution in [0.5, 0.6) is 0 Å². The molecule has 2 heterocycles. The van der Waals surface area contributed by atoms with Crippen molar-refractivity contribution in [1.29, 1.82) is 0 Å². The van der Waals surface area contributed by atoms with Crippen molar-refractivity contribution in [3.8, 4) is 0 Å². The number of hydrogen-bond donors (Lipinski definition) is 0. The molecule has 0 N–H and O–H groups in total. The zero-order chi connectivity index (χ0) is 9.97. The molecule has 0 aromatic carbocycles. The number of hydrogen-bond acceptors (Lipinski definition) is 2. The summed E-state index contributed by atoms with van der Waals surface area (Å²) in [5.74, 6) is 0.161. The van der Waals surface area contributed by atoms with Gasteiger partial charge in [0.2, 0.25) is 0 Å². The van der Waals surface area contributed by atoms with Gasteiger partial charge >= 0.3 is 0 Å². The second-order valence-electron chi connectivity index (χ2n) is 3.73. The van der Waals surface area contributed by atoms with Gasteiger partial charge in [0.1, 0.15) is 0 Å². The first-order valence-electron chi connectivity index (χ1n) is 5.05. The average molecular weight is 208 g/mol. The monoisotopic (exact) mass is 208 g/mol. The molecule has 1 aromatic heterocycles. The lowest BCUT2D eigenvalue weighted by atomic mass is 10.1. The molecule has 14 heavy (non-hydrogen) atoms. The zero-order valence-corrected chi connectivity index (χ0v) is 9.19. The molecule has 0 saturated carbocycles. The summed E-state index contributed by atoms with van der Waals surface area (Å²) in [7, 11) is 0. The van der Waals surface area contributed by atoms with Gasteiger partial charge in [-0.3, -0.25) is 4.79 Å². The Bertz CT molecular complexity index is 326. The molecule has 1 aliphatic rings. The Labute approximate surface area is 88.5 Å². The standard InChI is InChI=1S/C11H14NOS/c1-9-7-10(8-14-9)11(13)12-5-3-2-4-6-12/h7H,2-6H2,1H3. The molecule has 1 radical (unpaired) electrons. The van der Waals surface area contributed by atoms with Gasteiger partial charge in [-0.25, -0.2) is 0 Å². The third-order valence-electron chi connectivity index (χ3n) is 2.54. The molecule has 2 rings (SSSR count). The highest BCUT2D eigenvalue weighted by Gasteiger charge is 2.18. The summed E-state index contributed by atoms with van der Waals surface area (Å²) >= 11 is 1.52. The number of nitrogens with zero attached hydrogens (tertiary/aromatic N) is 1. The lowest BCUT2D eigenvalue weighted by Gasteiger charge is -2.26. The molecule has 1 amide bonds. The van der Waals surface area contributed by atoms with Crippen molar-refractivity contribution in [2.45, 2.75) is 26.2 Å². The Morgan fingerprint density at radius 2 is 2.14 bits per heavy atom. The van der Waals surface area contributed by atoms with Crippen LogP contribution in [0.1, 0.15) is 34.5 Å². The highest BCUT2D eigenvalue weighted by Crippen LogP contribution is 2.17. The zero-order valence-electron chi connectivity index (χ0n) is 8.38. The maximum absolute atomic E-state index is 11.9. The van der Waals surface area contributed by atoms with E-state index in [2.05, 4.69) is 5.38 Å². The van der Waals surface area contributed by atoms with Crippen LogP contribution in [0.4, 0.5) is 0 Å². The fraction of sp³-hybridized carbons (Fsp3) is 0.545. The lowest BCUT2D eigenvalue weighted by Crippen LogP contribution is -2.35. The lowest BCUT2D eigenvalue weighted by molar-refractivity contribution is 0.0724. The van der Waals surface area contributed by atoms with Crippen LogP contribution < -0.4 is 0 Å². The van der Waals surface area contributed by atoms with Crippen LogP contribution in [0.25, 0.3) is 0 Å². The van der Waals surface area contributed by atoms with Crippen molar-refractivity contribution in [2.75, 3.05) is 13.1 Å². The SMILES string of the molecule is Cc1cc(C(=O)N2CCCCC2)[c]s1. The van der Waals surface area contributed by atoms with Gasteiger partial charge in [0.15, 0.2) is 0 Å². The number of aryl methyl sites for hydroxylation is 1. The van der Waals surface area contributed by atoms with E-state index in [1.807, 2.05) is 17.9 Å². The van der Waals surface area contributed by atoms with E-state index in [1.54, 1.807) is 0 Å². The van der Waals surface area contributed by atoms with E-state index >= 15 is 0 Å². The Hall–Kier alpha value is -0.830. The second-order valence-corrected chi connectivity index (χ2v) is 4.78. The molecule has 0 spiro atoms. The van der Waals surface area contributed by atoms with Crippen LogP contribution in [-0.2, 0) is 0 Å². The Balaban J connectivity index is 2.07. The van der Waals surface area contributed by atoms with E-state index in [0.29, 0.717) is 0 Å². The van der Waals surface area contributed by atoms with E-state index in [-0.39, 0.29) is 5.91 Å². The molecule has 0 bridgehead atoms. The molecule has 2 nitrogen and oxygen atoms in total. The van der Waals surface area contributed by atoms with Gasteiger partial charge in [0, 0.05) is 18.0 Å². The first kappa shape index (κ1) is 9.71. The molecule has 1 fully saturated rings. The Kier molecular flexibility index (Phi) is 2.87. The van der Waals surface area contributed by atoms with Crippen LogP contribution >= 0.6 is 11.3 Å². The van der Waals surface area contributed by atoms with E-state index in [1.165, 1.54) is 17.8 Å². The van der Waals surface area contributed by atoms with Crippen LogP contribution in [-0.4, -0.2) is 23.9 Å². The Morgan fingerprint density at radius 3 is 2.71 bits per heavy atom. The number of likely N-dealkylation sites (tertiary alicyclic amines) is 1. The van der Waals surface area contributed by atoms with Crippen LogP contribution in [0, 0.1) is 12.3 Å². The van der Waals surface area contributed by atoms with E-state index in [9.17, 15) is 4.79 Å². The van der Waals surface area contributed by atoms with Gasteiger partial charge in [-0.15, -0.1) is 11.3 Å². The summed E-state index contributed by atoms with van der Waals surface area (Å²) in [6.45, 7) is 3.84. The molecule has 1 aliphatic heterocycles. The first-order chi connectivity index (χ1) is 6.77. The van der Waals surface area contributed by atoms with Crippen molar-refractivity contribution in [2.24, 2.45) is 0 Å². The van der Waals surface area contributed by atoms with Gasteiger partial charge in [0.05, 0.1) is 10.9 Å². The molecule has 3 heteroatoms. The first-order valence-corrected chi connectivity index (χ1v) is 5.86. The molecule has 1 aromatic rings. The number of thiophene rings is 1. The van der Waals surface area contributed by atoms with Crippen LogP contribution in [0.2, 0.25) is 0 Å². The summed E-state index contributed by atoms with van der Waals surface area (Å²) in [4.78, 5) is 15.0. The van der Waals surface area contributed by atoms with Crippen molar-refractivity contribution in [3.05, 3.63) is 21.9 Å². The van der Waals surface area contributed by atoms with Gasteiger partial charge < -0.3 is 4.90 Å². The third-order valence-corrected chi connectivity index (χ3v) is 3.31. The fourth-order valence-corrected chi connectivity index (χ4v) is 2.36. The van der Waals surface area contributed by atoms with Crippen molar-refractivity contribution < 1.29 is 4.79 Å². The molecule has 0 unspecified atom stereocenters. The predicted molar refractivity (Wildman–Crippen MR) is 57.6 cm³/mol. The maximum Gasteiger partial charge on any atom is 0.255 e. The summed E-state index contributed by atoms with van der Waals surface area (Å²) in [5.41, 5.74) is 0.745. The molecular weight excluding hydrogens is 194 g/mol. The molecule has 0 aliphatic carbocycles. The predicted octanol–water partition coefficient (Wildman–Crippen LogP) is 2.48.